The third kappa shape index (κ3) is 2.56. The van der Waals surface area contributed by atoms with E-state index in [-0.39, 0.29) is 17.3 Å². The molecular weight excluding hydrogens is 272 g/mol. The number of para-hydroxylation sites is 1. The molecule has 0 N–H and O–H groups in total. The first-order valence-corrected chi connectivity index (χ1v) is 7.51. The van der Waals surface area contributed by atoms with Gasteiger partial charge in [0.25, 0.3) is 0 Å². The Bertz CT molecular complexity index is 742. The van der Waals surface area contributed by atoms with Gasteiger partial charge in [0, 0.05) is 10.3 Å². The van der Waals surface area contributed by atoms with Crippen molar-refractivity contribution < 1.29 is 13.4 Å². The Morgan fingerprint density at radius 1 is 1.00 bits per heavy atom. The van der Waals surface area contributed by atoms with Gasteiger partial charge < -0.3 is 4.42 Å². The van der Waals surface area contributed by atoms with Crippen LogP contribution in [0.3, 0.4) is 0 Å². The summed E-state index contributed by atoms with van der Waals surface area (Å²) < 4.78 is 17.6. The van der Waals surface area contributed by atoms with Crippen LogP contribution in [0.1, 0.15) is 10.6 Å². The molecule has 0 aliphatic heterocycles. The van der Waals surface area contributed by atoms with Gasteiger partial charge in [0.2, 0.25) is 5.78 Å². The second-order valence-corrected chi connectivity index (χ2v) is 5.83. The fourth-order valence-electron chi connectivity index (χ4n) is 1.97. The fraction of sp³-hybridized carbons (Fsp3) is 0.0625. The lowest BCUT2D eigenvalue weighted by atomic mass is 10.2. The molecule has 0 bridgehead atoms. The normalized spacial score (nSPS) is 12.4. The lowest BCUT2D eigenvalue weighted by molar-refractivity contribution is 0.0993. The quantitative estimate of drug-likeness (QED) is 0.690. The molecule has 1 atom stereocenters. The molecule has 20 heavy (non-hydrogen) atoms. The van der Waals surface area contributed by atoms with Crippen molar-refractivity contribution in [3.8, 4) is 0 Å². The van der Waals surface area contributed by atoms with Crippen molar-refractivity contribution in [2.24, 2.45) is 0 Å². The second-order valence-electron chi connectivity index (χ2n) is 4.37. The maximum Gasteiger partial charge on any atom is 0.210 e. The second kappa shape index (κ2) is 5.43. The van der Waals surface area contributed by atoms with E-state index in [1.54, 1.807) is 36.4 Å². The Balaban J connectivity index is 1.81. The van der Waals surface area contributed by atoms with Gasteiger partial charge in [-0.1, -0.05) is 36.4 Å². The molecule has 1 aromatic heterocycles. The molecule has 3 rings (SSSR count). The number of ketones is 1. The summed E-state index contributed by atoms with van der Waals surface area (Å²) in [6, 6.07) is 18.1. The summed E-state index contributed by atoms with van der Waals surface area (Å²) in [6.45, 7) is 0. The van der Waals surface area contributed by atoms with Crippen LogP contribution in [0.5, 0.6) is 0 Å². The van der Waals surface area contributed by atoms with Crippen molar-refractivity contribution in [2.75, 3.05) is 5.75 Å². The van der Waals surface area contributed by atoms with E-state index in [2.05, 4.69) is 0 Å². The first kappa shape index (κ1) is 12.8. The summed E-state index contributed by atoms with van der Waals surface area (Å²) in [4.78, 5) is 12.8. The Kier molecular flexibility index (Phi) is 3.48. The molecule has 0 aliphatic carbocycles. The van der Waals surface area contributed by atoms with E-state index in [0.29, 0.717) is 10.5 Å². The Labute approximate surface area is 118 Å². The maximum atomic E-state index is 12.1. The van der Waals surface area contributed by atoms with Crippen molar-refractivity contribution in [1.82, 2.24) is 0 Å². The molecule has 0 fully saturated rings. The van der Waals surface area contributed by atoms with Crippen LogP contribution in [-0.4, -0.2) is 15.7 Å². The number of Topliss-reactive ketones (excluding diaryl/α,β-unsaturated/α-hetero) is 1. The molecule has 0 amide bonds. The van der Waals surface area contributed by atoms with Crippen LogP contribution in [0.25, 0.3) is 11.0 Å². The summed E-state index contributed by atoms with van der Waals surface area (Å²) in [7, 11) is -1.35. The lowest BCUT2D eigenvalue weighted by Gasteiger charge is -1.99. The molecule has 0 aliphatic rings. The van der Waals surface area contributed by atoms with Gasteiger partial charge in [-0.05, 0) is 24.3 Å². The van der Waals surface area contributed by atoms with Gasteiger partial charge in [0.15, 0.2) is 5.76 Å². The monoisotopic (exact) mass is 284 g/mol. The minimum atomic E-state index is -1.35. The van der Waals surface area contributed by atoms with Crippen LogP contribution < -0.4 is 0 Å². The standard InChI is InChI=1S/C16H12O3S/c17-14(11-20(18)13-7-2-1-3-8-13)16-10-12-6-4-5-9-15(12)19-16/h1-10H,11H2. The van der Waals surface area contributed by atoms with Gasteiger partial charge in [-0.3, -0.25) is 9.00 Å². The van der Waals surface area contributed by atoms with Gasteiger partial charge >= 0.3 is 0 Å². The number of furan rings is 1. The minimum absolute atomic E-state index is 0.0656. The Morgan fingerprint density at radius 2 is 1.70 bits per heavy atom. The molecule has 3 nitrogen and oxygen atoms in total. The molecule has 0 radical (unpaired) electrons. The van der Waals surface area contributed by atoms with E-state index in [0.717, 1.165) is 5.39 Å². The molecule has 0 spiro atoms. The zero-order valence-corrected chi connectivity index (χ0v) is 11.4. The topological polar surface area (TPSA) is 47.3 Å². The number of rotatable bonds is 4. The lowest BCUT2D eigenvalue weighted by Crippen LogP contribution is -2.10. The number of carbonyl (C=O) groups is 1. The molecule has 1 unspecified atom stereocenters. The van der Waals surface area contributed by atoms with Crippen LogP contribution in [0.15, 0.2) is 70.0 Å². The zero-order valence-electron chi connectivity index (χ0n) is 10.6. The van der Waals surface area contributed by atoms with Gasteiger partial charge in [0.05, 0.1) is 16.6 Å². The fourth-order valence-corrected chi connectivity index (χ4v) is 2.97. The first-order valence-electron chi connectivity index (χ1n) is 6.19. The summed E-state index contributed by atoms with van der Waals surface area (Å²) >= 11 is 0. The Hall–Kier alpha value is -2.20. The largest absolute Gasteiger partial charge is 0.453 e. The summed E-state index contributed by atoms with van der Waals surface area (Å²) in [5, 5.41) is 0.876. The first-order chi connectivity index (χ1) is 9.74. The van der Waals surface area contributed by atoms with Crippen LogP contribution in [0.2, 0.25) is 0 Å². The molecular formula is C16H12O3S. The number of carbonyl (C=O) groups excluding carboxylic acids is 1. The molecule has 2 aromatic carbocycles. The zero-order chi connectivity index (χ0) is 13.9. The van der Waals surface area contributed by atoms with Crippen molar-refractivity contribution in [2.45, 2.75) is 4.90 Å². The third-order valence-corrected chi connectivity index (χ3v) is 4.29. The van der Waals surface area contributed by atoms with E-state index in [9.17, 15) is 9.00 Å². The van der Waals surface area contributed by atoms with Crippen molar-refractivity contribution in [3.63, 3.8) is 0 Å². The average molecular weight is 284 g/mol. The third-order valence-electron chi connectivity index (χ3n) is 2.97. The van der Waals surface area contributed by atoms with E-state index in [4.69, 9.17) is 4.42 Å². The number of fused-ring (bicyclic) bond motifs is 1. The summed E-state index contributed by atoms with van der Waals surface area (Å²) in [5.41, 5.74) is 0.668. The number of benzene rings is 2. The molecule has 4 heteroatoms. The predicted molar refractivity (Wildman–Crippen MR) is 78.3 cm³/mol. The van der Waals surface area contributed by atoms with Crippen molar-refractivity contribution in [1.29, 1.82) is 0 Å². The minimum Gasteiger partial charge on any atom is -0.453 e. The van der Waals surface area contributed by atoms with Crippen LogP contribution >= 0.6 is 0 Å². The summed E-state index contributed by atoms with van der Waals surface area (Å²) in [5.74, 6) is -0.0528. The SMILES string of the molecule is O=C(CS(=O)c1ccccc1)c1cc2ccccc2o1. The maximum absolute atomic E-state index is 12.1. The molecule has 0 saturated heterocycles. The van der Waals surface area contributed by atoms with E-state index >= 15 is 0 Å². The van der Waals surface area contributed by atoms with Gasteiger partial charge in [-0.25, -0.2) is 0 Å². The van der Waals surface area contributed by atoms with Crippen LogP contribution in [-0.2, 0) is 10.8 Å². The van der Waals surface area contributed by atoms with Gasteiger partial charge in [0.1, 0.15) is 5.58 Å². The molecule has 3 aromatic rings. The van der Waals surface area contributed by atoms with E-state index in [1.165, 1.54) is 0 Å². The highest BCUT2D eigenvalue weighted by molar-refractivity contribution is 7.85. The molecule has 1 heterocycles. The average Bonchev–Trinajstić information content (AvgIpc) is 2.92. The Morgan fingerprint density at radius 3 is 2.45 bits per heavy atom. The van der Waals surface area contributed by atoms with E-state index in [1.807, 2.05) is 24.3 Å². The van der Waals surface area contributed by atoms with E-state index < -0.39 is 10.8 Å². The highest BCUT2D eigenvalue weighted by atomic mass is 32.2. The highest BCUT2D eigenvalue weighted by Gasteiger charge is 2.16. The van der Waals surface area contributed by atoms with Crippen molar-refractivity contribution >= 4 is 27.6 Å². The molecule has 100 valence electrons. The van der Waals surface area contributed by atoms with Crippen LogP contribution in [0, 0.1) is 0 Å². The smallest absolute Gasteiger partial charge is 0.210 e. The van der Waals surface area contributed by atoms with Crippen LogP contribution in [0.4, 0.5) is 0 Å². The highest BCUT2D eigenvalue weighted by Crippen LogP contribution is 2.19. The predicted octanol–water partition coefficient (Wildman–Crippen LogP) is 3.42. The van der Waals surface area contributed by atoms with Gasteiger partial charge in [-0.15, -0.1) is 0 Å². The van der Waals surface area contributed by atoms with Crippen molar-refractivity contribution in [3.05, 3.63) is 66.4 Å². The summed E-state index contributed by atoms with van der Waals surface area (Å²) in [6.07, 6.45) is 0. The van der Waals surface area contributed by atoms with Gasteiger partial charge in [-0.2, -0.15) is 0 Å². The number of hydrogen-bond donors (Lipinski definition) is 0. The molecule has 0 saturated carbocycles. The number of hydrogen-bond acceptors (Lipinski definition) is 3.